The van der Waals surface area contributed by atoms with Crippen molar-refractivity contribution in [1.29, 1.82) is 0 Å². The summed E-state index contributed by atoms with van der Waals surface area (Å²) in [7, 11) is 0. The molecule has 0 saturated carbocycles. The molecule has 1 heterocycles. The Morgan fingerprint density at radius 3 is 2.24 bits per heavy atom. The maximum absolute atomic E-state index is 13.3. The van der Waals surface area contributed by atoms with Crippen molar-refractivity contribution in [3.05, 3.63) is 96.0 Å². The van der Waals surface area contributed by atoms with Crippen molar-refractivity contribution in [2.75, 3.05) is 10.6 Å². The fourth-order valence-corrected chi connectivity index (χ4v) is 4.00. The molecule has 4 rings (SSSR count). The number of hydrogen-bond donors (Lipinski definition) is 6. The lowest BCUT2D eigenvalue weighted by Crippen LogP contribution is -2.42. The van der Waals surface area contributed by atoms with Crippen LogP contribution < -0.4 is 15.4 Å². The topological polar surface area (TPSA) is 208 Å². The van der Waals surface area contributed by atoms with Gasteiger partial charge in [0.15, 0.2) is 5.60 Å². The first-order chi connectivity index (χ1) is 21.3. The highest BCUT2D eigenvalue weighted by Gasteiger charge is 2.40. The van der Waals surface area contributed by atoms with E-state index in [0.717, 1.165) is 5.39 Å². The van der Waals surface area contributed by atoms with Gasteiger partial charge in [-0.15, -0.1) is 0 Å². The summed E-state index contributed by atoms with van der Waals surface area (Å²) < 4.78 is 19.0. The molecule has 45 heavy (non-hydrogen) atoms. The van der Waals surface area contributed by atoms with Crippen LogP contribution in [0.4, 0.5) is 21.6 Å². The monoisotopic (exact) mass is 640 g/mol. The number of benzene rings is 3. The van der Waals surface area contributed by atoms with Crippen molar-refractivity contribution in [2.45, 2.75) is 25.0 Å². The zero-order valence-corrected chi connectivity index (χ0v) is 24.0. The predicted molar refractivity (Wildman–Crippen MR) is 161 cm³/mol. The van der Waals surface area contributed by atoms with Gasteiger partial charge in [-0.25, -0.2) is 19.2 Å². The van der Waals surface area contributed by atoms with Gasteiger partial charge in [-0.3, -0.25) is 14.4 Å². The highest BCUT2D eigenvalue weighted by molar-refractivity contribution is 6.32. The molecule has 0 aliphatic rings. The van der Waals surface area contributed by atoms with Gasteiger partial charge in [0.25, 0.3) is 0 Å². The lowest BCUT2D eigenvalue weighted by Gasteiger charge is -2.18. The number of amides is 1. The van der Waals surface area contributed by atoms with Gasteiger partial charge in [0, 0.05) is 16.8 Å². The lowest BCUT2D eigenvalue weighted by molar-refractivity contribution is -0.170. The third kappa shape index (κ3) is 9.98. The molecule has 6 N–H and O–H groups in total. The number of ether oxygens (including phenoxy) is 1. The molecular formula is C30H26ClFN4O9. The third-order valence-electron chi connectivity index (χ3n) is 5.85. The number of carbonyl (C=O) groups excluding carboxylic acids is 1. The van der Waals surface area contributed by atoms with Gasteiger partial charge in [0.2, 0.25) is 5.91 Å². The number of rotatable bonds is 12. The lowest BCUT2D eigenvalue weighted by atomic mass is 9.96. The van der Waals surface area contributed by atoms with Gasteiger partial charge in [0.05, 0.1) is 23.4 Å². The van der Waals surface area contributed by atoms with E-state index in [9.17, 15) is 23.6 Å². The van der Waals surface area contributed by atoms with E-state index in [1.54, 1.807) is 48.5 Å². The molecule has 0 fully saturated rings. The number of anilines is 3. The molecule has 0 radical (unpaired) electrons. The first kappa shape index (κ1) is 33.9. The summed E-state index contributed by atoms with van der Waals surface area (Å²) in [5, 5.41) is 40.9. The molecule has 0 spiro atoms. The van der Waals surface area contributed by atoms with Gasteiger partial charge in [-0.1, -0.05) is 30.3 Å². The Labute approximate surface area is 259 Å². The minimum absolute atomic E-state index is 0.194. The molecule has 0 bridgehead atoms. The Morgan fingerprint density at radius 2 is 1.64 bits per heavy atom. The predicted octanol–water partition coefficient (Wildman–Crippen LogP) is 4.62. The van der Waals surface area contributed by atoms with Crippen LogP contribution in [-0.4, -0.2) is 59.8 Å². The summed E-state index contributed by atoms with van der Waals surface area (Å²) in [5.74, 6) is -4.62. The van der Waals surface area contributed by atoms with Crippen LogP contribution in [-0.2, 0) is 25.8 Å². The van der Waals surface area contributed by atoms with E-state index in [4.69, 9.17) is 36.8 Å². The number of aliphatic hydroxyl groups is 1. The number of nitrogens with zero attached hydrogens (tertiary/aromatic N) is 2. The summed E-state index contributed by atoms with van der Waals surface area (Å²) in [6.07, 6.45) is 0.360. The smallest absolute Gasteiger partial charge is 0.336 e. The van der Waals surface area contributed by atoms with Crippen LogP contribution >= 0.6 is 11.6 Å². The van der Waals surface area contributed by atoms with Gasteiger partial charge in [0.1, 0.15) is 30.3 Å². The number of aromatic nitrogens is 2. The molecule has 13 nitrogen and oxygen atoms in total. The Kier molecular flexibility index (Phi) is 11.5. The second kappa shape index (κ2) is 15.2. The average Bonchev–Trinajstić information content (AvgIpc) is 2.96. The highest BCUT2D eigenvalue weighted by atomic mass is 35.5. The number of fused-ring (bicyclic) bond motifs is 1. The minimum Gasteiger partial charge on any atom is -0.487 e. The number of halogens is 2. The Hall–Kier alpha value is -5.60. The Bertz CT molecular complexity index is 1740. The van der Waals surface area contributed by atoms with Crippen molar-refractivity contribution in [2.24, 2.45) is 0 Å². The summed E-state index contributed by atoms with van der Waals surface area (Å²) in [5.41, 5.74) is -0.0409. The van der Waals surface area contributed by atoms with Gasteiger partial charge >= 0.3 is 17.9 Å². The summed E-state index contributed by atoms with van der Waals surface area (Å²) in [6, 6.07) is 16.7. The number of nitrogens with one attached hydrogen (secondary N) is 2. The average molecular weight is 641 g/mol. The summed E-state index contributed by atoms with van der Waals surface area (Å²) >= 11 is 6.38. The number of carbonyl (C=O) groups is 4. The number of carboxylic acids is 3. The quantitative estimate of drug-likeness (QED) is 0.117. The number of aliphatic carboxylic acids is 3. The first-order valence-electron chi connectivity index (χ1n) is 12.8. The number of hydrogen-bond acceptors (Lipinski definition) is 9. The van der Waals surface area contributed by atoms with Gasteiger partial charge in [-0.2, -0.15) is 0 Å². The van der Waals surface area contributed by atoms with Crippen LogP contribution in [0.3, 0.4) is 0 Å². The van der Waals surface area contributed by atoms with Crippen molar-refractivity contribution in [3.63, 3.8) is 0 Å². The van der Waals surface area contributed by atoms with Crippen molar-refractivity contribution < 1.29 is 48.7 Å². The Balaban J connectivity index is 0.000000360. The molecule has 234 valence electrons. The highest BCUT2D eigenvalue weighted by Crippen LogP contribution is 2.31. The molecule has 4 aromatic rings. The van der Waals surface area contributed by atoms with E-state index >= 15 is 0 Å². The molecule has 0 atom stereocenters. The maximum atomic E-state index is 13.3. The van der Waals surface area contributed by atoms with E-state index in [0.29, 0.717) is 39.0 Å². The van der Waals surface area contributed by atoms with E-state index in [1.807, 2.05) is 0 Å². The molecule has 0 aliphatic heterocycles. The largest absolute Gasteiger partial charge is 0.487 e. The van der Waals surface area contributed by atoms with Crippen molar-refractivity contribution in [3.8, 4) is 5.75 Å². The SMILES string of the molecule is C=CC(=O)Nc1ccc2ncnc(Nc3ccc(OCc4cccc(F)c4)c(Cl)c3)c2c1.O=C(O)CC(O)(CC(=O)O)C(=O)O. The van der Waals surface area contributed by atoms with Gasteiger partial charge in [-0.05, 0) is 60.2 Å². The van der Waals surface area contributed by atoms with E-state index in [2.05, 4.69) is 27.2 Å². The second-order valence-electron chi connectivity index (χ2n) is 9.31. The maximum Gasteiger partial charge on any atom is 0.336 e. The zero-order chi connectivity index (χ0) is 33.1. The zero-order valence-electron chi connectivity index (χ0n) is 23.2. The standard InChI is InChI=1S/C24H18ClFN4O2.C6H8O7/c1-2-23(31)29-17-6-8-21-19(11-17)24(28-14-27-21)30-18-7-9-22(20(25)12-18)32-13-15-4-3-5-16(26)10-15;7-3(8)1-6(13,5(11)12)2-4(9)10/h2-12,14H,1,13H2,(H,29,31)(H,27,28,30);13H,1-2H2,(H,7,8)(H,9,10)(H,11,12). The molecule has 0 saturated heterocycles. The van der Waals surface area contributed by atoms with Crippen LogP contribution in [0.5, 0.6) is 5.75 Å². The molecule has 15 heteroatoms. The van der Waals surface area contributed by atoms with E-state index in [1.165, 1.54) is 24.5 Å². The van der Waals surface area contributed by atoms with Crippen molar-refractivity contribution >= 4 is 63.5 Å². The van der Waals surface area contributed by atoms with Crippen molar-refractivity contribution in [1.82, 2.24) is 9.97 Å². The summed E-state index contributed by atoms with van der Waals surface area (Å²) in [6.45, 7) is 3.65. The fraction of sp³-hybridized carbons (Fsp3) is 0.133. The third-order valence-corrected chi connectivity index (χ3v) is 6.15. The minimum atomic E-state index is -2.74. The summed E-state index contributed by atoms with van der Waals surface area (Å²) in [4.78, 5) is 50.7. The normalized spacial score (nSPS) is 10.6. The molecule has 1 aromatic heterocycles. The molecule has 1 amide bonds. The number of carboxylic acid groups (broad SMARTS) is 3. The van der Waals surface area contributed by atoms with Crippen LogP contribution in [0.2, 0.25) is 5.02 Å². The molecule has 3 aromatic carbocycles. The van der Waals surface area contributed by atoms with E-state index in [-0.39, 0.29) is 18.3 Å². The van der Waals surface area contributed by atoms with Crippen LogP contribution in [0, 0.1) is 5.82 Å². The van der Waals surface area contributed by atoms with Crippen LogP contribution in [0.25, 0.3) is 10.9 Å². The molecule has 0 unspecified atom stereocenters. The molecular weight excluding hydrogens is 615 g/mol. The van der Waals surface area contributed by atoms with Gasteiger partial charge < -0.3 is 35.8 Å². The van der Waals surface area contributed by atoms with Crippen LogP contribution in [0.15, 0.2) is 79.6 Å². The van der Waals surface area contributed by atoms with E-state index < -0.39 is 36.4 Å². The van der Waals surface area contributed by atoms with Crippen LogP contribution in [0.1, 0.15) is 18.4 Å². The fourth-order valence-electron chi connectivity index (χ4n) is 3.76. The second-order valence-corrected chi connectivity index (χ2v) is 9.72. The Morgan fingerprint density at radius 1 is 0.956 bits per heavy atom. The first-order valence-corrected chi connectivity index (χ1v) is 13.2. The molecule has 0 aliphatic carbocycles.